The smallest absolute Gasteiger partial charge is 0.339 e. The minimum atomic E-state index is -3.98. The number of nitrogens with one attached hydrogen (secondary N) is 2. The maximum atomic E-state index is 13.3. The van der Waals surface area contributed by atoms with Gasteiger partial charge in [0.05, 0.1) is 16.1 Å². The SMILES string of the molecule is CCN(c1ccccc1)S(=O)(=O)c1cccc(C(=O)O[C@H](C(=O)NC(=O)NC)c2ccccc2)c1. The molecule has 0 bridgehead atoms. The quantitative estimate of drug-likeness (QED) is 0.463. The predicted molar refractivity (Wildman–Crippen MR) is 130 cm³/mol. The van der Waals surface area contributed by atoms with Crippen LogP contribution in [0.15, 0.2) is 89.8 Å². The van der Waals surface area contributed by atoms with Gasteiger partial charge in [0.1, 0.15) is 0 Å². The summed E-state index contributed by atoms with van der Waals surface area (Å²) in [6, 6.07) is 21.4. The van der Waals surface area contributed by atoms with Crippen LogP contribution in [0.25, 0.3) is 0 Å². The van der Waals surface area contributed by atoms with Crippen LogP contribution in [0.1, 0.15) is 28.9 Å². The molecule has 0 heterocycles. The number of esters is 1. The fourth-order valence-electron chi connectivity index (χ4n) is 3.31. The Balaban J connectivity index is 1.90. The van der Waals surface area contributed by atoms with Crippen LogP contribution in [0.2, 0.25) is 0 Å². The van der Waals surface area contributed by atoms with Crippen molar-refractivity contribution in [3.8, 4) is 0 Å². The average molecular weight is 496 g/mol. The van der Waals surface area contributed by atoms with Crippen LogP contribution in [0.3, 0.4) is 0 Å². The second kappa shape index (κ2) is 11.3. The van der Waals surface area contributed by atoms with Gasteiger partial charge in [0.2, 0.25) is 6.10 Å². The molecule has 0 saturated carbocycles. The molecular formula is C25H25N3O6S. The molecule has 3 rings (SSSR count). The van der Waals surface area contributed by atoms with Crippen LogP contribution >= 0.6 is 0 Å². The van der Waals surface area contributed by atoms with Crippen molar-refractivity contribution in [1.29, 1.82) is 0 Å². The molecule has 0 aliphatic rings. The Bertz CT molecular complexity index is 1300. The van der Waals surface area contributed by atoms with Gasteiger partial charge in [-0.05, 0) is 37.3 Å². The molecule has 10 heteroatoms. The standard InChI is InChI=1S/C25H25N3O6S/c1-3-28(20-14-8-5-9-15-20)35(32,33)21-16-10-13-19(17-21)24(30)34-22(18-11-6-4-7-12-18)23(29)27-25(31)26-2/h4-17,22H,3H2,1-2H3,(H2,26,27,29,31)/t22-/m0/s1. The highest BCUT2D eigenvalue weighted by atomic mass is 32.2. The zero-order chi connectivity index (χ0) is 25.4. The topological polar surface area (TPSA) is 122 Å². The fraction of sp³-hybridized carbons (Fsp3) is 0.160. The number of hydrogen-bond donors (Lipinski definition) is 2. The first-order valence-electron chi connectivity index (χ1n) is 10.7. The summed E-state index contributed by atoms with van der Waals surface area (Å²) in [5.41, 5.74) is 0.758. The summed E-state index contributed by atoms with van der Waals surface area (Å²) >= 11 is 0. The third-order valence-corrected chi connectivity index (χ3v) is 6.92. The molecule has 3 aromatic carbocycles. The minimum absolute atomic E-state index is 0.0659. The van der Waals surface area contributed by atoms with Crippen molar-refractivity contribution >= 4 is 33.6 Å². The Kier molecular flexibility index (Phi) is 8.21. The van der Waals surface area contributed by atoms with E-state index >= 15 is 0 Å². The number of ether oxygens (including phenoxy) is 1. The Morgan fingerprint density at radius 2 is 1.54 bits per heavy atom. The third kappa shape index (κ3) is 6.04. The summed E-state index contributed by atoms with van der Waals surface area (Å²) in [7, 11) is -2.64. The predicted octanol–water partition coefficient (Wildman–Crippen LogP) is 3.26. The van der Waals surface area contributed by atoms with Crippen LogP contribution in [-0.4, -0.2) is 39.9 Å². The third-order valence-electron chi connectivity index (χ3n) is 5.02. The van der Waals surface area contributed by atoms with Crippen LogP contribution in [0, 0.1) is 0 Å². The van der Waals surface area contributed by atoms with E-state index < -0.39 is 34.0 Å². The number of hydrogen-bond acceptors (Lipinski definition) is 6. The molecule has 0 saturated heterocycles. The zero-order valence-corrected chi connectivity index (χ0v) is 20.0. The van der Waals surface area contributed by atoms with Gasteiger partial charge in [-0.15, -0.1) is 0 Å². The number of carbonyl (C=O) groups is 3. The van der Waals surface area contributed by atoms with E-state index in [1.165, 1.54) is 35.6 Å². The lowest BCUT2D eigenvalue weighted by Crippen LogP contribution is -2.41. The maximum absolute atomic E-state index is 13.3. The molecule has 1 atom stereocenters. The molecule has 182 valence electrons. The van der Waals surface area contributed by atoms with Crippen LogP contribution < -0.4 is 14.9 Å². The summed E-state index contributed by atoms with van der Waals surface area (Å²) in [5.74, 6) is -1.78. The average Bonchev–Trinajstić information content (AvgIpc) is 2.88. The molecule has 9 nitrogen and oxygen atoms in total. The van der Waals surface area contributed by atoms with Crippen molar-refractivity contribution in [3.63, 3.8) is 0 Å². The molecule has 0 spiro atoms. The Morgan fingerprint density at radius 1 is 0.914 bits per heavy atom. The van der Waals surface area contributed by atoms with Gasteiger partial charge in [0.15, 0.2) is 0 Å². The van der Waals surface area contributed by atoms with E-state index in [0.717, 1.165) is 0 Å². The first-order valence-corrected chi connectivity index (χ1v) is 12.2. The van der Waals surface area contributed by atoms with Crippen molar-refractivity contribution in [2.75, 3.05) is 17.9 Å². The van der Waals surface area contributed by atoms with Gasteiger partial charge in [-0.2, -0.15) is 0 Å². The monoisotopic (exact) mass is 495 g/mol. The lowest BCUT2D eigenvalue weighted by molar-refractivity contribution is -0.129. The molecule has 0 aliphatic heterocycles. The number of rotatable bonds is 8. The highest BCUT2D eigenvalue weighted by molar-refractivity contribution is 7.92. The molecule has 3 aromatic rings. The number of carbonyl (C=O) groups excluding carboxylic acids is 3. The number of amides is 3. The highest BCUT2D eigenvalue weighted by Crippen LogP contribution is 2.25. The van der Waals surface area contributed by atoms with E-state index in [1.807, 2.05) is 0 Å². The number of anilines is 1. The Labute approximate surface area is 203 Å². The number of imide groups is 1. The van der Waals surface area contributed by atoms with Gasteiger partial charge in [-0.25, -0.2) is 18.0 Å². The van der Waals surface area contributed by atoms with E-state index in [-0.39, 0.29) is 17.0 Å². The summed E-state index contributed by atoms with van der Waals surface area (Å²) in [4.78, 5) is 37.1. The van der Waals surface area contributed by atoms with Gasteiger partial charge in [0.25, 0.3) is 15.9 Å². The van der Waals surface area contributed by atoms with Gasteiger partial charge in [0, 0.05) is 19.2 Å². The van der Waals surface area contributed by atoms with E-state index in [4.69, 9.17) is 4.74 Å². The van der Waals surface area contributed by atoms with Gasteiger partial charge in [-0.1, -0.05) is 54.6 Å². The van der Waals surface area contributed by atoms with Gasteiger partial charge in [-0.3, -0.25) is 14.4 Å². The maximum Gasteiger partial charge on any atom is 0.339 e. The highest BCUT2D eigenvalue weighted by Gasteiger charge is 2.28. The number of benzene rings is 3. The first-order chi connectivity index (χ1) is 16.8. The van der Waals surface area contributed by atoms with E-state index in [0.29, 0.717) is 11.3 Å². The second-order valence-corrected chi connectivity index (χ2v) is 9.16. The molecule has 0 unspecified atom stereocenters. The van der Waals surface area contributed by atoms with Crippen LogP contribution in [0.5, 0.6) is 0 Å². The van der Waals surface area contributed by atoms with Gasteiger partial charge < -0.3 is 10.1 Å². The Hall–Kier alpha value is -4.18. The molecule has 0 aliphatic carbocycles. The number of nitrogens with zero attached hydrogens (tertiary/aromatic N) is 1. The molecule has 0 radical (unpaired) electrons. The molecule has 35 heavy (non-hydrogen) atoms. The van der Waals surface area contributed by atoms with Crippen molar-refractivity contribution in [1.82, 2.24) is 10.6 Å². The molecular weight excluding hydrogens is 470 g/mol. The fourth-order valence-corrected chi connectivity index (χ4v) is 4.83. The van der Waals surface area contributed by atoms with E-state index in [2.05, 4.69) is 10.6 Å². The normalized spacial score (nSPS) is 11.7. The number of urea groups is 1. The van der Waals surface area contributed by atoms with Gasteiger partial charge >= 0.3 is 12.0 Å². The second-order valence-electron chi connectivity index (χ2n) is 7.30. The van der Waals surface area contributed by atoms with Crippen LogP contribution in [0.4, 0.5) is 10.5 Å². The first kappa shape index (κ1) is 25.4. The minimum Gasteiger partial charge on any atom is -0.444 e. The van der Waals surface area contributed by atoms with Crippen molar-refractivity contribution in [2.24, 2.45) is 0 Å². The molecule has 2 N–H and O–H groups in total. The lowest BCUT2D eigenvalue weighted by Gasteiger charge is -2.23. The van der Waals surface area contributed by atoms with E-state index in [1.54, 1.807) is 67.6 Å². The summed E-state index contributed by atoms with van der Waals surface area (Å²) < 4.78 is 33.3. The van der Waals surface area contributed by atoms with Crippen molar-refractivity contribution in [3.05, 3.63) is 96.1 Å². The number of para-hydroxylation sites is 1. The summed E-state index contributed by atoms with van der Waals surface area (Å²) in [6.07, 6.45) is -1.43. The largest absolute Gasteiger partial charge is 0.444 e. The van der Waals surface area contributed by atoms with Crippen molar-refractivity contribution < 1.29 is 27.5 Å². The zero-order valence-electron chi connectivity index (χ0n) is 19.2. The molecule has 0 aromatic heterocycles. The number of sulfonamides is 1. The molecule has 0 fully saturated rings. The summed E-state index contributed by atoms with van der Waals surface area (Å²) in [5, 5.41) is 4.35. The van der Waals surface area contributed by atoms with E-state index in [9.17, 15) is 22.8 Å². The van der Waals surface area contributed by atoms with Crippen LogP contribution in [-0.2, 0) is 19.6 Å². The Morgan fingerprint density at radius 3 is 2.14 bits per heavy atom. The van der Waals surface area contributed by atoms with Crippen molar-refractivity contribution in [2.45, 2.75) is 17.9 Å². The lowest BCUT2D eigenvalue weighted by atomic mass is 10.1. The molecule has 3 amide bonds. The summed E-state index contributed by atoms with van der Waals surface area (Å²) in [6.45, 7) is 1.88.